The van der Waals surface area contributed by atoms with E-state index in [0.717, 1.165) is 17.0 Å². The Labute approximate surface area is 279 Å². The Bertz CT molecular complexity index is 1980. The Morgan fingerprint density at radius 3 is 2.39 bits per heavy atom. The summed E-state index contributed by atoms with van der Waals surface area (Å²) in [5.41, 5.74) is -2.26. The zero-order valence-electron chi connectivity index (χ0n) is 25.5. The van der Waals surface area contributed by atoms with Crippen LogP contribution in [0.4, 0.5) is 42.2 Å². The predicted molar refractivity (Wildman–Crippen MR) is 163 cm³/mol. The molecule has 3 aromatic carbocycles. The van der Waals surface area contributed by atoms with E-state index in [4.69, 9.17) is 21.1 Å². The van der Waals surface area contributed by atoms with Crippen LogP contribution in [0.15, 0.2) is 60.7 Å². The molecular formula is C33H24ClF7N4O4. The van der Waals surface area contributed by atoms with Gasteiger partial charge in [-0.15, -0.1) is 0 Å². The van der Waals surface area contributed by atoms with Gasteiger partial charge in [0.2, 0.25) is 0 Å². The summed E-state index contributed by atoms with van der Waals surface area (Å²) in [6, 6.07) is 9.30. The number of benzene rings is 3. The lowest BCUT2D eigenvalue weighted by Gasteiger charge is -2.39. The highest BCUT2D eigenvalue weighted by atomic mass is 35.5. The van der Waals surface area contributed by atoms with Gasteiger partial charge in [-0.1, -0.05) is 11.6 Å². The molecule has 256 valence electrons. The van der Waals surface area contributed by atoms with E-state index in [1.807, 2.05) is 0 Å². The molecule has 0 saturated carbocycles. The third-order valence-corrected chi connectivity index (χ3v) is 8.43. The number of halogens is 8. The fourth-order valence-corrected chi connectivity index (χ4v) is 6.01. The Hall–Kier alpha value is -5.05. The molecule has 1 fully saturated rings. The molecule has 1 atom stereocenters. The zero-order chi connectivity index (χ0) is 35.4. The SMILES string of the molecule is COc1ccc(CN2C(=O)c3nc(N4CC(F)(F)C4)cc(NC(=O)c4cc(F)cc(C(F)(F)F)c4)c3C2c2cc(F)ccc2Cl)c(OC)c1. The largest absolute Gasteiger partial charge is 0.497 e. The third kappa shape index (κ3) is 6.54. The fourth-order valence-electron chi connectivity index (χ4n) is 5.79. The molecule has 4 aromatic rings. The second kappa shape index (κ2) is 12.4. The van der Waals surface area contributed by atoms with E-state index in [2.05, 4.69) is 10.3 Å². The van der Waals surface area contributed by atoms with E-state index in [0.29, 0.717) is 29.2 Å². The first-order chi connectivity index (χ1) is 23.1. The maximum Gasteiger partial charge on any atom is 0.416 e. The van der Waals surface area contributed by atoms with Crippen LogP contribution in [0.25, 0.3) is 0 Å². The van der Waals surface area contributed by atoms with Gasteiger partial charge in [0.25, 0.3) is 17.7 Å². The van der Waals surface area contributed by atoms with Gasteiger partial charge in [0.15, 0.2) is 0 Å². The molecule has 0 aliphatic carbocycles. The van der Waals surface area contributed by atoms with Gasteiger partial charge in [-0.05, 0) is 48.5 Å². The van der Waals surface area contributed by atoms with Crippen molar-refractivity contribution in [3.63, 3.8) is 0 Å². The van der Waals surface area contributed by atoms with Gasteiger partial charge in [0.1, 0.15) is 34.6 Å². The molecular weight excluding hydrogens is 685 g/mol. The minimum Gasteiger partial charge on any atom is -0.497 e. The van der Waals surface area contributed by atoms with Crippen LogP contribution in [0.2, 0.25) is 5.02 Å². The van der Waals surface area contributed by atoms with Crippen molar-refractivity contribution in [3.8, 4) is 11.5 Å². The molecule has 2 aliphatic heterocycles. The number of carbonyl (C=O) groups excluding carboxylic acids is 2. The van der Waals surface area contributed by atoms with Crippen molar-refractivity contribution in [2.45, 2.75) is 24.7 Å². The molecule has 3 heterocycles. The van der Waals surface area contributed by atoms with Crippen LogP contribution in [0.3, 0.4) is 0 Å². The molecule has 1 unspecified atom stereocenters. The van der Waals surface area contributed by atoms with Crippen molar-refractivity contribution >= 4 is 34.9 Å². The van der Waals surface area contributed by atoms with Gasteiger partial charge in [-0.2, -0.15) is 13.2 Å². The maximum absolute atomic E-state index is 14.7. The van der Waals surface area contributed by atoms with Gasteiger partial charge in [0, 0.05) is 39.4 Å². The Morgan fingerprint density at radius 1 is 1.00 bits per heavy atom. The molecule has 1 N–H and O–H groups in total. The quantitative estimate of drug-likeness (QED) is 0.191. The highest BCUT2D eigenvalue weighted by Crippen LogP contribution is 2.47. The molecule has 0 radical (unpaired) electrons. The summed E-state index contributed by atoms with van der Waals surface area (Å²) in [4.78, 5) is 34.4. The molecule has 8 nitrogen and oxygen atoms in total. The lowest BCUT2D eigenvalue weighted by molar-refractivity contribution is -0.137. The normalized spacial score (nSPS) is 16.7. The Balaban J connectivity index is 1.52. The van der Waals surface area contributed by atoms with Crippen molar-refractivity contribution in [2.75, 3.05) is 37.5 Å². The monoisotopic (exact) mass is 708 g/mol. The Morgan fingerprint density at radius 2 is 1.73 bits per heavy atom. The molecule has 1 aromatic heterocycles. The van der Waals surface area contributed by atoms with Crippen molar-refractivity contribution in [3.05, 3.63) is 111 Å². The minimum absolute atomic E-state index is 0.00225. The van der Waals surface area contributed by atoms with E-state index < -0.39 is 65.8 Å². The van der Waals surface area contributed by atoms with Crippen LogP contribution >= 0.6 is 11.6 Å². The van der Waals surface area contributed by atoms with Crippen molar-refractivity contribution < 1.29 is 49.8 Å². The molecule has 16 heteroatoms. The number of aromatic nitrogens is 1. The van der Waals surface area contributed by atoms with Gasteiger partial charge >= 0.3 is 6.18 Å². The second-order valence-electron chi connectivity index (χ2n) is 11.4. The molecule has 0 spiro atoms. The first-order valence-electron chi connectivity index (χ1n) is 14.4. The number of anilines is 2. The number of hydrogen-bond donors (Lipinski definition) is 1. The number of nitrogens with zero attached hydrogens (tertiary/aromatic N) is 3. The number of methoxy groups -OCH3 is 2. The third-order valence-electron chi connectivity index (χ3n) is 8.09. The molecule has 1 saturated heterocycles. The van der Waals surface area contributed by atoms with Gasteiger partial charge in [-0.25, -0.2) is 22.5 Å². The molecule has 0 bridgehead atoms. The number of amides is 2. The Kier molecular flexibility index (Phi) is 8.59. The van der Waals surface area contributed by atoms with Crippen molar-refractivity contribution in [1.29, 1.82) is 0 Å². The van der Waals surface area contributed by atoms with Crippen LogP contribution in [0, 0.1) is 11.6 Å². The summed E-state index contributed by atoms with van der Waals surface area (Å²) in [6.45, 7) is -1.75. The van der Waals surface area contributed by atoms with E-state index in [-0.39, 0.29) is 46.0 Å². The van der Waals surface area contributed by atoms with Gasteiger partial charge in [0.05, 0.1) is 51.1 Å². The van der Waals surface area contributed by atoms with E-state index in [9.17, 15) is 40.3 Å². The molecule has 2 amide bonds. The summed E-state index contributed by atoms with van der Waals surface area (Å²) >= 11 is 6.54. The average molecular weight is 709 g/mol. The lowest BCUT2D eigenvalue weighted by Crippen LogP contribution is -2.56. The number of fused-ring (bicyclic) bond motifs is 1. The first-order valence-corrected chi connectivity index (χ1v) is 14.8. The first kappa shape index (κ1) is 33.8. The van der Waals surface area contributed by atoms with E-state index in [1.54, 1.807) is 18.2 Å². The predicted octanol–water partition coefficient (Wildman–Crippen LogP) is 7.50. The summed E-state index contributed by atoms with van der Waals surface area (Å²) in [5, 5.41) is 2.42. The van der Waals surface area contributed by atoms with Crippen molar-refractivity contribution in [1.82, 2.24) is 9.88 Å². The number of carbonyl (C=O) groups is 2. The summed E-state index contributed by atoms with van der Waals surface area (Å²) < 4.78 is 108. The topological polar surface area (TPSA) is 84.0 Å². The summed E-state index contributed by atoms with van der Waals surface area (Å²) in [6.07, 6.45) is -4.99. The maximum atomic E-state index is 14.7. The highest BCUT2D eigenvalue weighted by molar-refractivity contribution is 6.31. The molecule has 49 heavy (non-hydrogen) atoms. The van der Waals surface area contributed by atoms with Gasteiger partial charge < -0.3 is 24.6 Å². The van der Waals surface area contributed by atoms with Crippen LogP contribution in [-0.4, -0.2) is 54.9 Å². The average Bonchev–Trinajstić information content (AvgIpc) is 3.31. The minimum atomic E-state index is -4.99. The molecule has 2 aliphatic rings. The van der Waals surface area contributed by atoms with Crippen LogP contribution in [0.1, 0.15) is 49.1 Å². The standard InChI is InChI=1S/C33H24ClF7N4O4/c1-48-21-5-3-16(25(11-21)49-2)13-45-29(22-10-19(35)4-6-23(22)34)27-24(12-26(43-28(27)31(45)47)44-14-32(37,38)15-44)42-30(46)17-7-18(33(39,40)41)9-20(36)8-17/h3-12,29H,13-15H2,1-2H3,(H,42,43,46). The van der Waals surface area contributed by atoms with Gasteiger partial charge in [-0.3, -0.25) is 9.59 Å². The zero-order valence-corrected chi connectivity index (χ0v) is 26.2. The summed E-state index contributed by atoms with van der Waals surface area (Å²) in [5.74, 6) is -6.55. The fraction of sp³-hybridized carbons (Fsp3) is 0.242. The van der Waals surface area contributed by atoms with Crippen LogP contribution < -0.4 is 19.7 Å². The lowest BCUT2D eigenvalue weighted by atomic mass is 9.97. The van der Waals surface area contributed by atoms with E-state index >= 15 is 0 Å². The number of alkyl halides is 5. The van der Waals surface area contributed by atoms with Crippen LogP contribution in [-0.2, 0) is 12.7 Å². The number of rotatable bonds is 8. The number of hydrogen-bond acceptors (Lipinski definition) is 6. The molecule has 6 rings (SSSR count). The highest BCUT2D eigenvalue weighted by Gasteiger charge is 2.47. The van der Waals surface area contributed by atoms with E-state index in [1.165, 1.54) is 31.3 Å². The number of ether oxygens (including phenoxy) is 2. The van der Waals surface area contributed by atoms with Crippen molar-refractivity contribution in [2.24, 2.45) is 0 Å². The second-order valence-corrected chi connectivity index (χ2v) is 11.8. The smallest absolute Gasteiger partial charge is 0.416 e. The summed E-state index contributed by atoms with van der Waals surface area (Å²) in [7, 11) is 2.83. The number of pyridine rings is 1. The number of nitrogens with one attached hydrogen (secondary N) is 1. The van der Waals surface area contributed by atoms with Crippen LogP contribution in [0.5, 0.6) is 11.5 Å².